The van der Waals surface area contributed by atoms with Crippen LogP contribution in [0.15, 0.2) is 29.2 Å². The van der Waals surface area contributed by atoms with Crippen molar-refractivity contribution < 1.29 is 13.2 Å². The standard InChI is InChI=1S/C20H32N2O3S/c1-4-6-13-21-20(23)18-11-14-22(15-12-18)26(24,25)19-9-7-17(8-10-19)16(3)5-2/h7-10,16,18H,4-6,11-15H2,1-3H3,(H,21,23). The van der Waals surface area contributed by atoms with E-state index in [1.807, 2.05) is 12.1 Å². The Morgan fingerprint density at radius 3 is 2.35 bits per heavy atom. The minimum Gasteiger partial charge on any atom is -0.356 e. The molecule has 1 amide bonds. The molecule has 0 bridgehead atoms. The van der Waals surface area contributed by atoms with Gasteiger partial charge in [0.05, 0.1) is 4.90 Å². The number of nitrogens with one attached hydrogen (secondary N) is 1. The van der Waals surface area contributed by atoms with E-state index in [2.05, 4.69) is 26.1 Å². The average molecular weight is 381 g/mol. The summed E-state index contributed by atoms with van der Waals surface area (Å²) in [5.74, 6) is 0.410. The molecular weight excluding hydrogens is 348 g/mol. The van der Waals surface area contributed by atoms with Gasteiger partial charge in [-0.15, -0.1) is 0 Å². The second kappa shape index (κ2) is 9.51. The van der Waals surface area contributed by atoms with Crippen molar-refractivity contribution in [1.29, 1.82) is 0 Å². The molecule has 1 unspecified atom stereocenters. The third-order valence-corrected chi connectivity index (χ3v) is 7.27. The molecule has 0 spiro atoms. The van der Waals surface area contributed by atoms with Crippen LogP contribution in [-0.4, -0.2) is 38.3 Å². The van der Waals surface area contributed by atoms with Crippen LogP contribution in [0.25, 0.3) is 0 Å². The van der Waals surface area contributed by atoms with Crippen LogP contribution in [-0.2, 0) is 14.8 Å². The first-order chi connectivity index (χ1) is 12.4. The lowest BCUT2D eigenvalue weighted by molar-refractivity contribution is -0.126. The third-order valence-electron chi connectivity index (χ3n) is 5.35. The van der Waals surface area contributed by atoms with E-state index in [-0.39, 0.29) is 11.8 Å². The zero-order valence-corrected chi connectivity index (χ0v) is 17.0. The number of carbonyl (C=O) groups excluding carboxylic acids is 1. The van der Waals surface area contributed by atoms with Crippen LogP contribution >= 0.6 is 0 Å². The lowest BCUT2D eigenvalue weighted by atomic mass is 9.97. The van der Waals surface area contributed by atoms with Gasteiger partial charge in [0.15, 0.2) is 0 Å². The quantitative estimate of drug-likeness (QED) is 0.702. The fourth-order valence-corrected chi connectivity index (χ4v) is 4.71. The first-order valence-corrected chi connectivity index (χ1v) is 11.2. The molecule has 0 saturated carbocycles. The Kier molecular flexibility index (Phi) is 7.65. The van der Waals surface area contributed by atoms with Crippen molar-refractivity contribution in [1.82, 2.24) is 9.62 Å². The zero-order valence-electron chi connectivity index (χ0n) is 16.2. The number of rotatable bonds is 8. The first kappa shape index (κ1) is 20.9. The van der Waals surface area contributed by atoms with Crippen molar-refractivity contribution in [2.45, 2.75) is 63.7 Å². The van der Waals surface area contributed by atoms with Gasteiger partial charge in [-0.2, -0.15) is 4.31 Å². The Bertz CT molecular complexity index is 678. The summed E-state index contributed by atoms with van der Waals surface area (Å²) in [4.78, 5) is 12.5. The topological polar surface area (TPSA) is 66.5 Å². The molecule has 1 aromatic carbocycles. The van der Waals surface area contributed by atoms with Crippen molar-refractivity contribution in [2.75, 3.05) is 19.6 Å². The van der Waals surface area contributed by atoms with Crippen LogP contribution in [0.5, 0.6) is 0 Å². The Labute approximate surface area is 158 Å². The Hall–Kier alpha value is -1.40. The number of sulfonamides is 1. The SMILES string of the molecule is CCCCNC(=O)C1CCN(S(=O)(=O)c2ccc(C(C)CC)cc2)CC1. The van der Waals surface area contributed by atoms with Crippen molar-refractivity contribution >= 4 is 15.9 Å². The number of nitrogens with zero attached hydrogens (tertiary/aromatic N) is 1. The van der Waals surface area contributed by atoms with Gasteiger partial charge >= 0.3 is 0 Å². The fourth-order valence-electron chi connectivity index (χ4n) is 3.24. The molecular formula is C20H32N2O3S. The predicted molar refractivity (Wildman–Crippen MR) is 105 cm³/mol. The number of benzene rings is 1. The average Bonchev–Trinajstić information content (AvgIpc) is 2.67. The van der Waals surface area contributed by atoms with Crippen molar-refractivity contribution in [3.05, 3.63) is 29.8 Å². The van der Waals surface area contributed by atoms with Gasteiger partial charge in [-0.3, -0.25) is 4.79 Å². The second-order valence-electron chi connectivity index (χ2n) is 7.20. The van der Waals surface area contributed by atoms with Gasteiger partial charge < -0.3 is 5.32 Å². The molecule has 1 fully saturated rings. The summed E-state index contributed by atoms with van der Waals surface area (Å²) in [6, 6.07) is 7.24. The van der Waals surface area contributed by atoms with E-state index in [1.165, 1.54) is 4.31 Å². The zero-order chi connectivity index (χ0) is 19.2. The molecule has 1 aromatic rings. The van der Waals surface area contributed by atoms with Crippen molar-refractivity contribution in [2.24, 2.45) is 5.92 Å². The number of unbranched alkanes of at least 4 members (excludes halogenated alkanes) is 1. The molecule has 1 aliphatic heterocycles. The van der Waals surface area contributed by atoms with E-state index in [4.69, 9.17) is 0 Å². The molecule has 1 N–H and O–H groups in total. The largest absolute Gasteiger partial charge is 0.356 e. The van der Waals surface area contributed by atoms with E-state index in [0.717, 1.165) is 24.8 Å². The molecule has 1 heterocycles. The summed E-state index contributed by atoms with van der Waals surface area (Å²) in [6.07, 6.45) is 4.22. The third kappa shape index (κ3) is 5.07. The summed E-state index contributed by atoms with van der Waals surface area (Å²) < 4.78 is 27.2. The van der Waals surface area contributed by atoms with Gasteiger partial charge in [0.25, 0.3) is 0 Å². The van der Waals surface area contributed by atoms with E-state index in [1.54, 1.807) is 12.1 Å². The number of piperidine rings is 1. The number of amides is 1. The normalized spacial score (nSPS) is 17.8. The van der Waals surface area contributed by atoms with Gasteiger partial charge in [-0.1, -0.05) is 39.3 Å². The maximum Gasteiger partial charge on any atom is 0.243 e. The summed E-state index contributed by atoms with van der Waals surface area (Å²) in [6.45, 7) is 7.86. The Morgan fingerprint density at radius 2 is 1.81 bits per heavy atom. The van der Waals surface area contributed by atoms with E-state index in [0.29, 0.717) is 43.3 Å². The molecule has 26 heavy (non-hydrogen) atoms. The first-order valence-electron chi connectivity index (χ1n) is 9.78. The molecule has 6 heteroatoms. The highest BCUT2D eigenvalue weighted by Crippen LogP contribution is 2.26. The minimum atomic E-state index is -3.48. The number of carbonyl (C=O) groups is 1. The van der Waals surface area contributed by atoms with E-state index >= 15 is 0 Å². The molecule has 1 aliphatic rings. The van der Waals surface area contributed by atoms with Crippen LogP contribution in [0, 0.1) is 5.92 Å². The van der Waals surface area contributed by atoms with Gasteiger partial charge in [0, 0.05) is 25.6 Å². The molecule has 0 radical (unpaired) electrons. The molecule has 1 saturated heterocycles. The molecule has 1 atom stereocenters. The lowest BCUT2D eigenvalue weighted by Crippen LogP contribution is -2.43. The number of hydrogen-bond acceptors (Lipinski definition) is 3. The summed E-state index contributed by atoms with van der Waals surface area (Å²) in [7, 11) is -3.48. The van der Waals surface area contributed by atoms with Crippen LogP contribution < -0.4 is 5.32 Å². The monoisotopic (exact) mass is 380 g/mol. The highest BCUT2D eigenvalue weighted by atomic mass is 32.2. The summed E-state index contributed by atoms with van der Waals surface area (Å²) in [5, 5.41) is 2.95. The summed E-state index contributed by atoms with van der Waals surface area (Å²) >= 11 is 0. The number of hydrogen-bond donors (Lipinski definition) is 1. The van der Waals surface area contributed by atoms with Gasteiger partial charge in [0.1, 0.15) is 0 Å². The molecule has 146 valence electrons. The molecule has 5 nitrogen and oxygen atoms in total. The van der Waals surface area contributed by atoms with Gasteiger partial charge in [0.2, 0.25) is 15.9 Å². The van der Waals surface area contributed by atoms with Gasteiger partial charge in [-0.25, -0.2) is 8.42 Å². The highest BCUT2D eigenvalue weighted by Gasteiger charge is 2.31. The maximum atomic E-state index is 12.9. The van der Waals surface area contributed by atoms with Crippen LogP contribution in [0.3, 0.4) is 0 Å². The van der Waals surface area contributed by atoms with Crippen LogP contribution in [0.2, 0.25) is 0 Å². The van der Waals surface area contributed by atoms with E-state index in [9.17, 15) is 13.2 Å². The smallest absolute Gasteiger partial charge is 0.243 e. The highest BCUT2D eigenvalue weighted by molar-refractivity contribution is 7.89. The lowest BCUT2D eigenvalue weighted by Gasteiger charge is -2.30. The minimum absolute atomic E-state index is 0.0633. The second-order valence-corrected chi connectivity index (χ2v) is 9.14. The summed E-state index contributed by atoms with van der Waals surface area (Å²) in [5.41, 5.74) is 1.16. The van der Waals surface area contributed by atoms with E-state index < -0.39 is 10.0 Å². The molecule has 0 aromatic heterocycles. The van der Waals surface area contributed by atoms with Crippen molar-refractivity contribution in [3.63, 3.8) is 0 Å². The Morgan fingerprint density at radius 1 is 1.19 bits per heavy atom. The van der Waals surface area contributed by atoms with Gasteiger partial charge in [-0.05, 0) is 49.3 Å². The maximum absolute atomic E-state index is 12.9. The molecule has 2 rings (SSSR count). The molecule has 0 aliphatic carbocycles. The van der Waals surface area contributed by atoms with Crippen LogP contribution in [0.1, 0.15) is 64.4 Å². The predicted octanol–water partition coefficient (Wildman–Crippen LogP) is 3.52. The van der Waals surface area contributed by atoms with Crippen molar-refractivity contribution in [3.8, 4) is 0 Å². The Balaban J connectivity index is 1.96. The fraction of sp³-hybridized carbons (Fsp3) is 0.650. The van der Waals surface area contributed by atoms with Crippen LogP contribution in [0.4, 0.5) is 0 Å².